The quantitative estimate of drug-likeness (QED) is 0.305. The summed E-state index contributed by atoms with van der Waals surface area (Å²) < 4.78 is 43.8. The number of ether oxygens (including phenoxy) is 3. The molecule has 1 aliphatic rings. The van der Waals surface area contributed by atoms with Crippen LogP contribution in [0, 0.1) is 6.92 Å². The molecule has 10 heteroatoms. The number of esters is 1. The molecule has 4 rings (SSSR count). The van der Waals surface area contributed by atoms with Crippen molar-refractivity contribution in [3.63, 3.8) is 0 Å². The molecular weight excluding hydrogens is 532 g/mol. The Labute approximate surface area is 239 Å². The van der Waals surface area contributed by atoms with Gasteiger partial charge in [0.1, 0.15) is 11.4 Å². The maximum Gasteiger partial charge on any atom is 0.419 e. The molecule has 1 aliphatic heterocycles. The second-order valence-electron chi connectivity index (χ2n) is 11.4. The Morgan fingerprint density at radius 1 is 1.07 bits per heavy atom. The summed E-state index contributed by atoms with van der Waals surface area (Å²) in [4.78, 5) is 29.4. The van der Waals surface area contributed by atoms with Crippen molar-refractivity contribution in [3.05, 3.63) is 64.8 Å². The number of aromatic nitrogens is 1. The third kappa shape index (κ3) is 7.05. The Bertz CT molecular complexity index is 1380. The van der Waals surface area contributed by atoms with Crippen LogP contribution in [0.25, 0.3) is 10.9 Å². The minimum atomic E-state index is -2.36. The lowest BCUT2D eigenvalue weighted by molar-refractivity contribution is 0.0503. The van der Waals surface area contributed by atoms with Gasteiger partial charge in [0.05, 0.1) is 25.3 Å². The highest BCUT2D eigenvalue weighted by molar-refractivity contribution is 5.95. The molecule has 41 heavy (non-hydrogen) atoms. The van der Waals surface area contributed by atoms with E-state index in [0.29, 0.717) is 44.0 Å². The van der Waals surface area contributed by atoms with Crippen LogP contribution in [0.1, 0.15) is 60.3 Å². The Morgan fingerprint density at radius 2 is 1.78 bits per heavy atom. The van der Waals surface area contributed by atoms with Crippen molar-refractivity contribution in [1.29, 1.82) is 0 Å². The van der Waals surface area contributed by atoms with Crippen molar-refractivity contribution in [2.24, 2.45) is 0 Å². The second kappa shape index (κ2) is 12.6. The van der Waals surface area contributed by atoms with Gasteiger partial charge in [0.2, 0.25) is 6.43 Å². The lowest BCUT2D eigenvalue weighted by Crippen LogP contribution is -2.48. The van der Waals surface area contributed by atoms with Crippen LogP contribution in [-0.4, -0.2) is 78.9 Å². The molecule has 0 radical (unpaired) electrons. The monoisotopic (exact) mass is 571 g/mol. The summed E-state index contributed by atoms with van der Waals surface area (Å²) in [5, 5.41) is 0.882. The highest BCUT2D eigenvalue weighted by atomic mass is 19.3. The summed E-state index contributed by atoms with van der Waals surface area (Å²) >= 11 is 0. The Hall–Kier alpha value is -3.50. The molecule has 1 fully saturated rings. The van der Waals surface area contributed by atoms with Crippen molar-refractivity contribution in [2.75, 3.05) is 40.4 Å². The lowest BCUT2D eigenvalue weighted by Gasteiger charge is -2.42. The van der Waals surface area contributed by atoms with Crippen LogP contribution in [0.3, 0.4) is 0 Å². The highest BCUT2D eigenvalue weighted by Gasteiger charge is 2.31. The number of hydrogen-bond donors (Lipinski definition) is 0. The molecule has 222 valence electrons. The lowest BCUT2D eigenvalue weighted by atomic mass is 9.98. The number of fused-ring (bicyclic) bond motifs is 1. The zero-order valence-corrected chi connectivity index (χ0v) is 24.6. The number of rotatable bonds is 8. The molecule has 3 aromatic rings. The first-order valence-electron chi connectivity index (χ1n) is 13.8. The third-order valence-corrected chi connectivity index (χ3v) is 7.36. The summed E-state index contributed by atoms with van der Waals surface area (Å²) in [5.74, 6) is 0.286. The Morgan fingerprint density at radius 3 is 2.39 bits per heavy atom. The molecule has 0 spiro atoms. The van der Waals surface area contributed by atoms with Gasteiger partial charge in [-0.05, 0) is 63.1 Å². The number of nitrogens with zero attached hydrogens (tertiary/aromatic N) is 3. The van der Waals surface area contributed by atoms with Gasteiger partial charge in [-0.1, -0.05) is 12.1 Å². The molecule has 0 saturated carbocycles. The van der Waals surface area contributed by atoms with E-state index in [4.69, 9.17) is 14.2 Å². The van der Waals surface area contributed by atoms with Crippen molar-refractivity contribution >= 4 is 23.0 Å². The molecule has 8 nitrogen and oxygen atoms in total. The van der Waals surface area contributed by atoms with Crippen LogP contribution in [0.15, 0.2) is 42.6 Å². The van der Waals surface area contributed by atoms with E-state index in [1.165, 1.54) is 11.7 Å². The highest BCUT2D eigenvalue weighted by Crippen LogP contribution is 2.36. The predicted octanol–water partition coefficient (Wildman–Crippen LogP) is 6.04. The molecule has 0 unspecified atom stereocenters. The van der Waals surface area contributed by atoms with E-state index in [0.717, 1.165) is 27.6 Å². The summed E-state index contributed by atoms with van der Waals surface area (Å²) in [6.07, 6.45) is -1.27. The van der Waals surface area contributed by atoms with Gasteiger partial charge in [-0.15, -0.1) is 0 Å². The number of methoxy groups -OCH3 is 2. The number of hydrogen-bond acceptors (Lipinski definition) is 7. The van der Waals surface area contributed by atoms with Gasteiger partial charge in [-0.3, -0.25) is 14.4 Å². The zero-order chi connectivity index (χ0) is 29.9. The second-order valence-corrected chi connectivity index (χ2v) is 11.4. The SMILES string of the molecule is COC(=O)c1ccc([C@@H]2CN(CCC(F)F)CCN2Cc2c(OC)cc(C)c3c2ccn3C(=O)OC(C)(C)C)cc1. The van der Waals surface area contributed by atoms with Gasteiger partial charge in [0.15, 0.2) is 0 Å². The normalized spacial score (nSPS) is 16.8. The molecule has 1 atom stereocenters. The van der Waals surface area contributed by atoms with Crippen molar-refractivity contribution in [1.82, 2.24) is 14.4 Å². The standard InChI is InChI=1S/C31H39F2N3O5/c1-20-17-26(39-5)24(23-11-14-36(28(20)23)30(38)41-31(2,3)4)18-35-16-15-34(13-12-27(32)33)19-25(35)21-7-9-22(10-8-21)29(37)40-6/h7-11,14,17,25,27H,12-13,15-16,18-19H2,1-6H3/t25-/m0/s1. The number of benzene rings is 2. The fourth-order valence-electron chi connectivity index (χ4n) is 5.40. The van der Waals surface area contributed by atoms with Gasteiger partial charge < -0.3 is 14.2 Å². The third-order valence-electron chi connectivity index (χ3n) is 7.36. The number of piperazine rings is 1. The Balaban J connectivity index is 1.71. The van der Waals surface area contributed by atoms with Crippen LogP contribution < -0.4 is 4.74 Å². The van der Waals surface area contributed by atoms with Crippen LogP contribution in [-0.2, 0) is 16.0 Å². The van der Waals surface area contributed by atoms with Gasteiger partial charge >= 0.3 is 12.1 Å². The molecule has 0 bridgehead atoms. The van der Waals surface area contributed by atoms with E-state index in [1.54, 1.807) is 25.4 Å². The first kappa shape index (κ1) is 30.5. The van der Waals surface area contributed by atoms with Crippen molar-refractivity contribution in [2.45, 2.75) is 58.7 Å². The van der Waals surface area contributed by atoms with Crippen LogP contribution in [0.4, 0.5) is 13.6 Å². The number of carbonyl (C=O) groups excluding carboxylic acids is 2. The van der Waals surface area contributed by atoms with Gasteiger partial charge in [-0.25, -0.2) is 18.4 Å². The van der Waals surface area contributed by atoms with E-state index in [-0.39, 0.29) is 12.5 Å². The molecule has 2 aromatic carbocycles. The van der Waals surface area contributed by atoms with Crippen molar-refractivity contribution < 1.29 is 32.6 Å². The maximum absolute atomic E-state index is 13.0. The summed E-state index contributed by atoms with van der Waals surface area (Å²) in [7, 11) is 2.96. The summed E-state index contributed by atoms with van der Waals surface area (Å²) in [6.45, 7) is 10.1. The molecule has 0 N–H and O–H groups in total. The predicted molar refractivity (Wildman–Crippen MR) is 153 cm³/mol. The molecule has 2 heterocycles. The average molecular weight is 572 g/mol. The van der Waals surface area contributed by atoms with Crippen LogP contribution in [0.2, 0.25) is 0 Å². The van der Waals surface area contributed by atoms with E-state index in [2.05, 4.69) is 9.80 Å². The summed E-state index contributed by atoms with van der Waals surface area (Å²) in [5.41, 5.74) is 3.32. The first-order valence-corrected chi connectivity index (χ1v) is 13.8. The first-order chi connectivity index (χ1) is 19.4. The molecule has 0 amide bonds. The number of halogens is 2. The minimum absolute atomic E-state index is 0.123. The minimum Gasteiger partial charge on any atom is -0.496 e. The van der Waals surface area contributed by atoms with Crippen molar-refractivity contribution in [3.8, 4) is 5.75 Å². The number of aryl methyl sites for hydroxylation is 1. The fraction of sp³-hybridized carbons (Fsp3) is 0.484. The maximum atomic E-state index is 13.0. The molecule has 1 aromatic heterocycles. The number of alkyl halides is 2. The summed E-state index contributed by atoms with van der Waals surface area (Å²) in [6, 6.07) is 10.9. The van der Waals surface area contributed by atoms with Crippen LogP contribution in [0.5, 0.6) is 5.75 Å². The average Bonchev–Trinajstić information content (AvgIpc) is 3.39. The fourth-order valence-corrected chi connectivity index (χ4v) is 5.40. The van der Waals surface area contributed by atoms with E-state index in [9.17, 15) is 18.4 Å². The van der Waals surface area contributed by atoms with E-state index < -0.39 is 24.1 Å². The number of carbonyl (C=O) groups is 2. The van der Waals surface area contributed by atoms with Crippen LogP contribution >= 0.6 is 0 Å². The molecule has 1 saturated heterocycles. The van der Waals surface area contributed by atoms with Gasteiger partial charge in [0, 0.05) is 62.3 Å². The van der Waals surface area contributed by atoms with E-state index in [1.807, 2.05) is 52.0 Å². The van der Waals surface area contributed by atoms with Gasteiger partial charge in [-0.2, -0.15) is 0 Å². The topological polar surface area (TPSA) is 73.2 Å². The largest absolute Gasteiger partial charge is 0.496 e. The zero-order valence-electron chi connectivity index (χ0n) is 24.6. The molecular formula is C31H39F2N3O5. The Kier molecular flexibility index (Phi) is 9.34. The van der Waals surface area contributed by atoms with Gasteiger partial charge in [0.25, 0.3) is 0 Å². The molecule has 0 aliphatic carbocycles. The van der Waals surface area contributed by atoms with E-state index >= 15 is 0 Å². The smallest absolute Gasteiger partial charge is 0.419 e.